The summed E-state index contributed by atoms with van der Waals surface area (Å²) in [7, 11) is -3.59. The molecule has 156 valence electrons. The molecule has 0 saturated carbocycles. The highest BCUT2D eigenvalue weighted by Gasteiger charge is 2.07. The van der Waals surface area contributed by atoms with Gasteiger partial charge in [-0.2, -0.15) is 0 Å². The summed E-state index contributed by atoms with van der Waals surface area (Å²) in [5.41, 5.74) is 2.90. The van der Waals surface area contributed by atoms with Crippen molar-refractivity contribution in [2.24, 2.45) is 0 Å². The summed E-state index contributed by atoms with van der Waals surface area (Å²) in [6, 6.07) is 17.1. The van der Waals surface area contributed by atoms with Crippen LogP contribution < -0.4 is 10.0 Å². The summed E-state index contributed by atoms with van der Waals surface area (Å²) >= 11 is 0. The average Bonchev–Trinajstić information content (AvgIpc) is 3.26. The van der Waals surface area contributed by atoms with E-state index >= 15 is 0 Å². The molecule has 0 atom stereocenters. The van der Waals surface area contributed by atoms with Crippen LogP contribution in [0.5, 0.6) is 0 Å². The minimum absolute atomic E-state index is 0.0388. The standard InChI is InChI=1S/C22H24N4O3S/c27-22(10-12-25-30(28,29)15-11-19-4-2-1-3-5-19)24-16-20-6-8-21(9-7-20)17-26-14-13-23-18-26/h1-9,11,13-15,18,25H,10,12,16-17H2,(H,24,27)/b15-11+. The minimum Gasteiger partial charge on any atom is -0.352 e. The van der Waals surface area contributed by atoms with Crippen molar-refractivity contribution in [3.05, 3.63) is 95.4 Å². The Balaban J connectivity index is 1.38. The molecule has 8 heteroatoms. The maximum absolute atomic E-state index is 12.0. The lowest BCUT2D eigenvalue weighted by atomic mass is 10.1. The van der Waals surface area contributed by atoms with E-state index < -0.39 is 10.0 Å². The highest BCUT2D eigenvalue weighted by Crippen LogP contribution is 2.07. The van der Waals surface area contributed by atoms with E-state index in [4.69, 9.17) is 0 Å². The van der Waals surface area contributed by atoms with E-state index in [0.717, 1.165) is 28.6 Å². The largest absolute Gasteiger partial charge is 0.352 e. The molecular weight excluding hydrogens is 400 g/mol. The van der Waals surface area contributed by atoms with Crippen LogP contribution in [0.2, 0.25) is 0 Å². The van der Waals surface area contributed by atoms with Gasteiger partial charge in [-0.1, -0.05) is 54.6 Å². The Morgan fingerprint density at radius 2 is 1.77 bits per heavy atom. The highest BCUT2D eigenvalue weighted by atomic mass is 32.2. The van der Waals surface area contributed by atoms with E-state index in [1.165, 1.54) is 6.08 Å². The van der Waals surface area contributed by atoms with Crippen molar-refractivity contribution in [1.29, 1.82) is 0 Å². The zero-order valence-corrected chi connectivity index (χ0v) is 17.3. The summed E-state index contributed by atoms with van der Waals surface area (Å²) in [5.74, 6) is -0.216. The van der Waals surface area contributed by atoms with Gasteiger partial charge in [-0.15, -0.1) is 0 Å². The van der Waals surface area contributed by atoms with Gasteiger partial charge in [0.2, 0.25) is 15.9 Å². The molecule has 0 fully saturated rings. The average molecular weight is 425 g/mol. The molecule has 3 rings (SSSR count). The van der Waals surface area contributed by atoms with Crippen molar-refractivity contribution < 1.29 is 13.2 Å². The van der Waals surface area contributed by atoms with Crippen molar-refractivity contribution in [2.75, 3.05) is 6.54 Å². The van der Waals surface area contributed by atoms with Crippen molar-refractivity contribution in [3.8, 4) is 0 Å². The van der Waals surface area contributed by atoms with Gasteiger partial charge >= 0.3 is 0 Å². The molecule has 0 aliphatic rings. The molecule has 1 aromatic heterocycles. The van der Waals surface area contributed by atoms with E-state index in [-0.39, 0.29) is 18.9 Å². The molecule has 0 bridgehead atoms. The quantitative estimate of drug-likeness (QED) is 0.523. The third-order valence-corrected chi connectivity index (χ3v) is 5.43. The number of carbonyl (C=O) groups excluding carboxylic acids is 1. The Morgan fingerprint density at radius 1 is 1.03 bits per heavy atom. The van der Waals surface area contributed by atoms with Crippen molar-refractivity contribution >= 4 is 22.0 Å². The third kappa shape index (κ3) is 7.31. The molecule has 0 spiro atoms. The zero-order valence-electron chi connectivity index (χ0n) is 16.4. The molecule has 2 N–H and O–H groups in total. The Morgan fingerprint density at radius 3 is 2.47 bits per heavy atom. The number of rotatable bonds is 10. The summed E-state index contributed by atoms with van der Waals surface area (Å²) in [6.07, 6.45) is 6.99. The first-order valence-electron chi connectivity index (χ1n) is 9.53. The minimum atomic E-state index is -3.59. The summed E-state index contributed by atoms with van der Waals surface area (Å²) in [4.78, 5) is 16.0. The molecule has 0 radical (unpaired) electrons. The number of benzene rings is 2. The number of sulfonamides is 1. The van der Waals surface area contributed by atoms with Gasteiger partial charge in [0, 0.05) is 43.9 Å². The van der Waals surface area contributed by atoms with Gasteiger partial charge in [-0.25, -0.2) is 18.1 Å². The number of aromatic nitrogens is 2. The van der Waals surface area contributed by atoms with Crippen molar-refractivity contribution in [1.82, 2.24) is 19.6 Å². The molecule has 2 aromatic carbocycles. The fraction of sp³-hybridized carbons (Fsp3) is 0.182. The third-order valence-electron chi connectivity index (χ3n) is 4.33. The van der Waals surface area contributed by atoms with Gasteiger partial charge in [0.05, 0.1) is 6.33 Å². The van der Waals surface area contributed by atoms with Crippen LogP contribution in [0.3, 0.4) is 0 Å². The predicted octanol–water partition coefficient (Wildman–Crippen LogP) is 2.53. The fourth-order valence-electron chi connectivity index (χ4n) is 2.73. The second-order valence-corrected chi connectivity index (χ2v) is 8.38. The van der Waals surface area contributed by atoms with Crippen LogP contribution in [0, 0.1) is 0 Å². The van der Waals surface area contributed by atoms with Gasteiger partial charge in [0.15, 0.2) is 0 Å². The van der Waals surface area contributed by atoms with Crippen LogP contribution in [0.15, 0.2) is 78.7 Å². The van der Waals surface area contributed by atoms with E-state index in [0.29, 0.717) is 6.54 Å². The number of carbonyl (C=O) groups is 1. The molecule has 0 saturated heterocycles. The second-order valence-electron chi connectivity index (χ2n) is 6.73. The maximum atomic E-state index is 12.0. The Bertz CT molecular complexity index is 1060. The van der Waals surface area contributed by atoms with Crippen LogP contribution in [0.25, 0.3) is 6.08 Å². The second kappa shape index (κ2) is 10.5. The lowest BCUT2D eigenvalue weighted by molar-refractivity contribution is -0.121. The molecule has 0 unspecified atom stereocenters. The Kier molecular flexibility index (Phi) is 7.53. The van der Waals surface area contributed by atoms with E-state index in [1.807, 2.05) is 65.4 Å². The molecule has 1 amide bonds. The van der Waals surface area contributed by atoms with Gasteiger partial charge in [0.1, 0.15) is 0 Å². The maximum Gasteiger partial charge on any atom is 0.233 e. The topological polar surface area (TPSA) is 93.1 Å². The summed E-state index contributed by atoms with van der Waals surface area (Å²) in [6.45, 7) is 1.17. The van der Waals surface area contributed by atoms with E-state index in [2.05, 4.69) is 15.0 Å². The van der Waals surface area contributed by atoms with Crippen LogP contribution >= 0.6 is 0 Å². The molecule has 30 heavy (non-hydrogen) atoms. The van der Waals surface area contributed by atoms with Crippen molar-refractivity contribution in [3.63, 3.8) is 0 Å². The van der Waals surface area contributed by atoms with Gasteiger partial charge < -0.3 is 9.88 Å². The van der Waals surface area contributed by atoms with Crippen LogP contribution in [-0.4, -0.2) is 30.4 Å². The number of hydrogen-bond acceptors (Lipinski definition) is 4. The molecular formula is C22H24N4O3S. The Hall–Kier alpha value is -3.23. The summed E-state index contributed by atoms with van der Waals surface area (Å²) in [5, 5.41) is 3.90. The number of hydrogen-bond donors (Lipinski definition) is 2. The first-order valence-corrected chi connectivity index (χ1v) is 11.1. The first-order chi connectivity index (χ1) is 14.5. The molecule has 0 aliphatic carbocycles. The van der Waals surface area contributed by atoms with Gasteiger partial charge in [-0.05, 0) is 22.8 Å². The molecule has 0 aliphatic heterocycles. The first kappa shape index (κ1) is 21.5. The predicted molar refractivity (Wildman–Crippen MR) is 117 cm³/mol. The number of imidazole rings is 1. The summed E-state index contributed by atoms with van der Waals surface area (Å²) < 4.78 is 28.3. The highest BCUT2D eigenvalue weighted by molar-refractivity contribution is 7.92. The van der Waals surface area contributed by atoms with E-state index in [9.17, 15) is 13.2 Å². The molecule has 3 aromatic rings. The van der Waals surface area contributed by atoms with E-state index in [1.54, 1.807) is 12.5 Å². The lowest BCUT2D eigenvalue weighted by Gasteiger charge is -2.07. The number of nitrogens with one attached hydrogen (secondary N) is 2. The molecule has 7 nitrogen and oxygen atoms in total. The Labute approximate surface area is 176 Å². The normalized spacial score (nSPS) is 11.6. The smallest absolute Gasteiger partial charge is 0.233 e. The SMILES string of the molecule is O=C(CCNS(=O)(=O)/C=C/c1ccccc1)NCc1ccc(Cn2ccnc2)cc1. The van der Waals surface area contributed by atoms with Crippen LogP contribution in [0.4, 0.5) is 0 Å². The lowest BCUT2D eigenvalue weighted by Crippen LogP contribution is -2.29. The van der Waals surface area contributed by atoms with Crippen LogP contribution in [0.1, 0.15) is 23.1 Å². The monoisotopic (exact) mass is 424 g/mol. The van der Waals surface area contributed by atoms with Crippen molar-refractivity contribution in [2.45, 2.75) is 19.5 Å². The number of amides is 1. The van der Waals surface area contributed by atoms with Gasteiger partial charge in [-0.3, -0.25) is 4.79 Å². The number of nitrogens with zero attached hydrogens (tertiary/aromatic N) is 2. The molecule has 1 heterocycles. The fourth-order valence-corrected chi connectivity index (χ4v) is 3.55. The zero-order chi connectivity index (χ0) is 21.2. The van der Waals surface area contributed by atoms with Crippen LogP contribution in [-0.2, 0) is 27.9 Å². The van der Waals surface area contributed by atoms with Gasteiger partial charge in [0.25, 0.3) is 0 Å².